The third-order valence-corrected chi connectivity index (χ3v) is 5.06. The molecule has 4 aromatic rings. The lowest BCUT2D eigenvalue weighted by atomic mass is 10.0. The second-order valence-corrected chi connectivity index (χ2v) is 7.46. The molecule has 162 valence electrons. The fourth-order valence-electron chi connectivity index (χ4n) is 3.48. The number of para-hydroxylation sites is 1. The van der Waals surface area contributed by atoms with Crippen molar-refractivity contribution in [1.82, 2.24) is 9.66 Å². The molecule has 0 unspecified atom stereocenters. The number of methoxy groups -OCH3 is 1. The summed E-state index contributed by atoms with van der Waals surface area (Å²) < 4.78 is 13.3. The highest BCUT2D eigenvalue weighted by molar-refractivity contribution is 5.80. The first kappa shape index (κ1) is 21.2. The molecule has 0 amide bonds. The van der Waals surface area contributed by atoms with Crippen LogP contribution >= 0.6 is 0 Å². The monoisotopic (exact) mass is 426 g/mol. The lowest BCUT2D eigenvalue weighted by Crippen LogP contribution is -2.02. The first-order valence-corrected chi connectivity index (χ1v) is 10.4. The van der Waals surface area contributed by atoms with E-state index in [-0.39, 0.29) is 0 Å². The van der Waals surface area contributed by atoms with Gasteiger partial charge in [0.25, 0.3) is 0 Å². The van der Waals surface area contributed by atoms with Crippen LogP contribution in [-0.4, -0.2) is 23.0 Å². The summed E-state index contributed by atoms with van der Waals surface area (Å²) in [6, 6.07) is 24.3. The molecule has 0 saturated heterocycles. The maximum absolute atomic E-state index is 6.22. The number of nitrogen functional groups attached to an aromatic ring is 1. The lowest BCUT2D eigenvalue weighted by molar-refractivity contribution is 0.294. The summed E-state index contributed by atoms with van der Waals surface area (Å²) in [5.74, 6) is 1.98. The highest BCUT2D eigenvalue weighted by atomic mass is 16.5. The molecule has 3 aromatic carbocycles. The Hall–Kier alpha value is -4.06. The lowest BCUT2D eigenvalue weighted by Gasteiger charge is -2.14. The Morgan fingerprint density at radius 1 is 0.969 bits per heavy atom. The van der Waals surface area contributed by atoms with Crippen LogP contribution in [0.3, 0.4) is 0 Å². The summed E-state index contributed by atoms with van der Waals surface area (Å²) in [4.78, 5) is 4.16. The maximum atomic E-state index is 6.22. The molecule has 0 bridgehead atoms. The number of benzene rings is 3. The van der Waals surface area contributed by atoms with Gasteiger partial charge >= 0.3 is 0 Å². The van der Waals surface area contributed by atoms with E-state index in [2.05, 4.69) is 40.4 Å². The minimum absolute atomic E-state index is 0.353. The van der Waals surface area contributed by atoms with Crippen LogP contribution in [-0.2, 0) is 13.0 Å². The van der Waals surface area contributed by atoms with Crippen LogP contribution in [0.5, 0.6) is 11.5 Å². The van der Waals surface area contributed by atoms with Crippen LogP contribution < -0.4 is 15.2 Å². The summed E-state index contributed by atoms with van der Waals surface area (Å²) >= 11 is 0. The Morgan fingerprint density at radius 3 is 2.50 bits per heavy atom. The van der Waals surface area contributed by atoms with Crippen LogP contribution in [0.25, 0.3) is 0 Å². The molecule has 0 atom stereocenters. The van der Waals surface area contributed by atoms with Crippen LogP contribution in [0.2, 0.25) is 0 Å². The van der Waals surface area contributed by atoms with Crippen LogP contribution in [0.4, 0.5) is 5.95 Å². The van der Waals surface area contributed by atoms with Crippen molar-refractivity contribution in [2.45, 2.75) is 20.0 Å². The third-order valence-electron chi connectivity index (χ3n) is 5.06. The smallest absolute Gasteiger partial charge is 0.221 e. The molecular weight excluding hydrogens is 400 g/mol. The fourth-order valence-corrected chi connectivity index (χ4v) is 3.48. The third kappa shape index (κ3) is 5.16. The molecule has 0 aliphatic heterocycles. The standard InChI is InChI=1S/C26H26N4O2/c1-19-17-30(26(27)29-19)28-16-21-12-13-24(31-2)23(15-21)18-32-25-11-7-6-10-22(25)14-20-8-4-3-5-9-20/h3-13,15-17H,14,18H2,1-2H3,(H2,27,29). The fraction of sp³-hybridized carbons (Fsp3) is 0.154. The van der Waals surface area contributed by atoms with Gasteiger partial charge in [0.05, 0.1) is 25.2 Å². The molecule has 1 aromatic heterocycles. The number of nitrogens with two attached hydrogens (primary N) is 1. The van der Waals surface area contributed by atoms with Gasteiger partial charge in [0.15, 0.2) is 0 Å². The van der Waals surface area contributed by atoms with Crippen molar-refractivity contribution >= 4 is 12.2 Å². The molecule has 0 radical (unpaired) electrons. The van der Waals surface area contributed by atoms with Crippen LogP contribution in [0, 0.1) is 6.92 Å². The van der Waals surface area contributed by atoms with E-state index >= 15 is 0 Å². The zero-order valence-corrected chi connectivity index (χ0v) is 18.2. The molecule has 0 spiro atoms. The number of aromatic nitrogens is 2. The van der Waals surface area contributed by atoms with E-state index in [1.807, 2.05) is 49.4 Å². The van der Waals surface area contributed by atoms with Crippen molar-refractivity contribution in [2.75, 3.05) is 12.8 Å². The average Bonchev–Trinajstić information content (AvgIpc) is 3.14. The van der Waals surface area contributed by atoms with Gasteiger partial charge in [-0.2, -0.15) is 5.10 Å². The molecule has 2 N–H and O–H groups in total. The number of imidazole rings is 1. The van der Waals surface area contributed by atoms with Gasteiger partial charge in [0, 0.05) is 12.0 Å². The highest BCUT2D eigenvalue weighted by Gasteiger charge is 2.09. The normalized spacial score (nSPS) is 11.1. The van der Waals surface area contributed by atoms with Crippen LogP contribution in [0.15, 0.2) is 84.1 Å². The number of rotatable bonds is 8. The SMILES string of the molecule is COc1ccc(C=Nn2cc(C)nc2N)cc1COc1ccccc1Cc1ccccc1. The van der Waals surface area contributed by atoms with Gasteiger partial charge in [-0.3, -0.25) is 0 Å². The Balaban J connectivity index is 1.52. The quantitative estimate of drug-likeness (QED) is 0.409. The molecule has 1 heterocycles. The van der Waals surface area contributed by atoms with Crippen molar-refractivity contribution < 1.29 is 9.47 Å². The molecule has 4 rings (SSSR count). The van der Waals surface area contributed by atoms with Crippen molar-refractivity contribution in [1.29, 1.82) is 0 Å². The zero-order valence-electron chi connectivity index (χ0n) is 18.2. The Labute approximate surface area is 187 Å². The van der Waals surface area contributed by atoms with E-state index in [0.29, 0.717) is 12.6 Å². The number of aryl methyl sites for hydroxylation is 1. The predicted octanol–water partition coefficient (Wildman–Crippen LogP) is 4.83. The van der Waals surface area contributed by atoms with Crippen molar-refractivity contribution in [3.8, 4) is 11.5 Å². The Morgan fingerprint density at radius 2 is 1.75 bits per heavy atom. The van der Waals surface area contributed by atoms with Crippen molar-refractivity contribution in [3.63, 3.8) is 0 Å². The Bertz CT molecular complexity index is 1220. The molecule has 0 saturated carbocycles. The van der Waals surface area contributed by atoms with Crippen LogP contribution in [0.1, 0.15) is 27.9 Å². The minimum atomic E-state index is 0.353. The second-order valence-electron chi connectivity index (χ2n) is 7.46. The molecule has 6 heteroatoms. The number of ether oxygens (including phenoxy) is 2. The number of hydrogen-bond donors (Lipinski definition) is 1. The molecule has 0 fully saturated rings. The van der Waals surface area contributed by atoms with Gasteiger partial charge < -0.3 is 15.2 Å². The van der Waals surface area contributed by atoms with E-state index < -0.39 is 0 Å². The topological polar surface area (TPSA) is 74.7 Å². The van der Waals surface area contributed by atoms with E-state index in [0.717, 1.165) is 40.3 Å². The minimum Gasteiger partial charge on any atom is -0.496 e. The number of nitrogens with zero attached hydrogens (tertiary/aromatic N) is 3. The largest absolute Gasteiger partial charge is 0.496 e. The maximum Gasteiger partial charge on any atom is 0.221 e. The summed E-state index contributed by atoms with van der Waals surface area (Å²) in [7, 11) is 1.66. The summed E-state index contributed by atoms with van der Waals surface area (Å²) in [5.41, 5.74) is 10.9. The van der Waals surface area contributed by atoms with Gasteiger partial charge in [-0.15, -0.1) is 0 Å². The summed E-state index contributed by atoms with van der Waals surface area (Å²) in [6.07, 6.45) is 4.33. The first-order chi connectivity index (χ1) is 15.6. The first-order valence-electron chi connectivity index (χ1n) is 10.4. The van der Waals surface area contributed by atoms with Crippen molar-refractivity contribution in [2.24, 2.45) is 5.10 Å². The van der Waals surface area contributed by atoms with E-state index in [1.54, 1.807) is 24.2 Å². The van der Waals surface area contributed by atoms with Gasteiger partial charge in [0.1, 0.15) is 18.1 Å². The summed E-state index contributed by atoms with van der Waals surface area (Å²) in [5, 5.41) is 4.40. The van der Waals surface area contributed by atoms with Crippen molar-refractivity contribution in [3.05, 3.63) is 107 Å². The van der Waals surface area contributed by atoms with E-state index in [9.17, 15) is 0 Å². The molecule has 32 heavy (non-hydrogen) atoms. The predicted molar refractivity (Wildman–Crippen MR) is 127 cm³/mol. The van der Waals surface area contributed by atoms with Gasteiger partial charge in [-0.1, -0.05) is 48.5 Å². The van der Waals surface area contributed by atoms with Gasteiger partial charge in [-0.05, 0) is 47.9 Å². The van der Waals surface area contributed by atoms with Gasteiger partial charge in [0.2, 0.25) is 5.95 Å². The second kappa shape index (κ2) is 9.83. The molecular formula is C26H26N4O2. The van der Waals surface area contributed by atoms with Gasteiger partial charge in [-0.25, -0.2) is 9.66 Å². The van der Waals surface area contributed by atoms with E-state index in [1.165, 1.54) is 5.56 Å². The number of hydrogen-bond acceptors (Lipinski definition) is 5. The molecule has 0 aliphatic carbocycles. The summed E-state index contributed by atoms with van der Waals surface area (Å²) in [6.45, 7) is 2.25. The van der Waals surface area contributed by atoms with E-state index in [4.69, 9.17) is 15.2 Å². The highest BCUT2D eigenvalue weighted by Crippen LogP contribution is 2.25. The Kier molecular flexibility index (Phi) is 6.51. The molecule has 0 aliphatic rings. The zero-order chi connectivity index (χ0) is 22.3. The number of anilines is 1. The molecule has 6 nitrogen and oxygen atoms in total. The average molecular weight is 427 g/mol.